The van der Waals surface area contributed by atoms with Crippen LogP contribution < -0.4 is 0 Å². The molecule has 0 fully saturated rings. The Bertz CT molecular complexity index is 2980. The Labute approximate surface area is 321 Å². The lowest BCUT2D eigenvalue weighted by atomic mass is 9.80. The molecule has 10 aromatic rings. The van der Waals surface area contributed by atoms with Crippen LogP contribution >= 0.6 is 0 Å². The van der Waals surface area contributed by atoms with Gasteiger partial charge in [-0.3, -0.25) is 0 Å². The first-order chi connectivity index (χ1) is 26.3. The Morgan fingerprint density at radius 3 is 1.07 bits per heavy atom. The van der Waals surface area contributed by atoms with Crippen molar-refractivity contribution in [1.29, 1.82) is 0 Å². The standard InChI is InChI=1S/C53H42O2/c1-51(2)45-27-31(39-17-11-29-7-9-33-23-37(52(3,4)54)25-35-15-21-43(39)49(29)47(33)35)13-19-41(45)42-20-14-32(28-46(42)51)40-18-12-30-8-10-34-24-38(53(5,6)55)26-36-16-22-44(40)50(30)48(34)36/h7-28,54-55H,1-6H3. The molecule has 266 valence electrons. The van der Waals surface area contributed by atoms with Gasteiger partial charge in [-0.25, -0.2) is 0 Å². The van der Waals surface area contributed by atoms with E-state index in [0.29, 0.717) is 0 Å². The molecule has 11 rings (SSSR count). The maximum absolute atomic E-state index is 10.8. The zero-order valence-corrected chi connectivity index (χ0v) is 32.1. The second-order valence-electron chi connectivity index (χ2n) is 17.6. The first-order valence-corrected chi connectivity index (χ1v) is 19.4. The normalized spacial score (nSPS) is 14.3. The molecule has 55 heavy (non-hydrogen) atoms. The van der Waals surface area contributed by atoms with Crippen LogP contribution in [0.5, 0.6) is 0 Å². The average molecular weight is 711 g/mol. The SMILES string of the molecule is CC(C)(O)c1cc2ccc3ccc(-c4ccc5c(c4)C(C)(C)c4cc(-c6ccc7ccc8cc(C(C)(C)O)cc9ccc6c7c89)ccc4-5)c4ccc(c1)c2c34. The Hall–Kier alpha value is -5.80. The molecule has 0 aliphatic heterocycles. The van der Waals surface area contributed by atoms with Gasteiger partial charge in [0.2, 0.25) is 0 Å². The van der Waals surface area contributed by atoms with Gasteiger partial charge in [-0.05, 0) is 184 Å². The zero-order chi connectivity index (χ0) is 37.8. The summed E-state index contributed by atoms with van der Waals surface area (Å²) < 4.78 is 0. The fourth-order valence-corrected chi connectivity index (χ4v) is 9.92. The third-order valence-electron chi connectivity index (χ3n) is 12.9. The summed E-state index contributed by atoms with van der Waals surface area (Å²) in [5.74, 6) is 0. The summed E-state index contributed by atoms with van der Waals surface area (Å²) in [7, 11) is 0. The van der Waals surface area contributed by atoms with Gasteiger partial charge in [0.25, 0.3) is 0 Å². The van der Waals surface area contributed by atoms with E-state index < -0.39 is 11.2 Å². The van der Waals surface area contributed by atoms with Crippen molar-refractivity contribution in [3.63, 3.8) is 0 Å². The molecule has 0 heterocycles. The average Bonchev–Trinajstić information content (AvgIpc) is 3.39. The summed E-state index contributed by atoms with van der Waals surface area (Å²) in [6.45, 7) is 12.2. The molecule has 2 heteroatoms. The predicted molar refractivity (Wildman–Crippen MR) is 233 cm³/mol. The van der Waals surface area contributed by atoms with E-state index >= 15 is 0 Å². The van der Waals surface area contributed by atoms with Crippen molar-refractivity contribution in [2.75, 3.05) is 0 Å². The molecule has 0 saturated carbocycles. The van der Waals surface area contributed by atoms with E-state index in [1.54, 1.807) is 0 Å². The quantitative estimate of drug-likeness (QED) is 0.179. The molecule has 0 saturated heterocycles. The van der Waals surface area contributed by atoms with Gasteiger partial charge >= 0.3 is 0 Å². The van der Waals surface area contributed by atoms with E-state index in [1.807, 2.05) is 27.7 Å². The van der Waals surface area contributed by atoms with E-state index in [0.717, 1.165) is 32.7 Å². The Morgan fingerprint density at radius 2 is 0.691 bits per heavy atom. The molecule has 0 atom stereocenters. The lowest BCUT2D eigenvalue weighted by Crippen LogP contribution is -2.15. The summed E-state index contributed by atoms with van der Waals surface area (Å²) >= 11 is 0. The van der Waals surface area contributed by atoms with Crippen LogP contribution in [0.3, 0.4) is 0 Å². The molecular formula is C53H42O2. The molecule has 2 N–H and O–H groups in total. The molecule has 0 radical (unpaired) electrons. The van der Waals surface area contributed by atoms with E-state index in [4.69, 9.17) is 0 Å². The molecule has 2 nitrogen and oxygen atoms in total. The summed E-state index contributed by atoms with van der Waals surface area (Å²) in [6.07, 6.45) is 0. The van der Waals surface area contributed by atoms with Gasteiger partial charge in [0.1, 0.15) is 0 Å². The third-order valence-corrected chi connectivity index (χ3v) is 12.9. The number of hydrogen-bond donors (Lipinski definition) is 2. The van der Waals surface area contributed by atoms with Crippen LogP contribution in [0.4, 0.5) is 0 Å². The summed E-state index contributed by atoms with van der Waals surface area (Å²) in [5, 5.41) is 36.4. The lowest BCUT2D eigenvalue weighted by Gasteiger charge is -2.23. The molecule has 0 unspecified atom stereocenters. The van der Waals surface area contributed by atoms with Crippen molar-refractivity contribution < 1.29 is 10.2 Å². The van der Waals surface area contributed by atoms with Crippen molar-refractivity contribution in [1.82, 2.24) is 0 Å². The molecule has 1 aliphatic rings. The Kier molecular flexibility index (Phi) is 6.34. The van der Waals surface area contributed by atoms with Crippen molar-refractivity contribution in [2.45, 2.75) is 58.2 Å². The number of aliphatic hydroxyl groups is 2. The molecular weight excluding hydrogens is 669 g/mol. The van der Waals surface area contributed by atoms with Crippen LogP contribution in [0.1, 0.15) is 63.8 Å². The fourth-order valence-electron chi connectivity index (χ4n) is 9.92. The van der Waals surface area contributed by atoms with Crippen molar-refractivity contribution in [3.05, 3.63) is 156 Å². The van der Waals surface area contributed by atoms with Gasteiger partial charge in [0.15, 0.2) is 0 Å². The zero-order valence-electron chi connectivity index (χ0n) is 32.1. The van der Waals surface area contributed by atoms with E-state index in [-0.39, 0.29) is 5.41 Å². The molecule has 0 bridgehead atoms. The summed E-state index contributed by atoms with van der Waals surface area (Å²) in [6, 6.07) is 49.7. The van der Waals surface area contributed by atoms with Gasteiger partial charge in [0.05, 0.1) is 11.2 Å². The van der Waals surface area contributed by atoms with Crippen molar-refractivity contribution in [3.8, 4) is 33.4 Å². The second-order valence-corrected chi connectivity index (χ2v) is 17.6. The van der Waals surface area contributed by atoms with Gasteiger partial charge in [-0.15, -0.1) is 0 Å². The summed E-state index contributed by atoms with van der Waals surface area (Å²) in [4.78, 5) is 0. The fraction of sp³-hybridized carbons (Fsp3) is 0.170. The van der Waals surface area contributed by atoms with Crippen LogP contribution in [0.15, 0.2) is 133 Å². The lowest BCUT2D eigenvalue weighted by molar-refractivity contribution is 0.0783. The highest BCUT2D eigenvalue weighted by Gasteiger charge is 2.36. The van der Waals surface area contributed by atoms with Gasteiger partial charge in [-0.2, -0.15) is 0 Å². The Balaban J connectivity index is 1.03. The van der Waals surface area contributed by atoms with E-state index in [1.165, 1.54) is 87.6 Å². The van der Waals surface area contributed by atoms with Crippen molar-refractivity contribution in [2.24, 2.45) is 0 Å². The first-order valence-electron chi connectivity index (χ1n) is 19.4. The van der Waals surface area contributed by atoms with Gasteiger partial charge < -0.3 is 10.2 Å². The van der Waals surface area contributed by atoms with Crippen LogP contribution in [0.25, 0.3) is 98.0 Å². The highest BCUT2D eigenvalue weighted by Crippen LogP contribution is 2.52. The number of benzene rings is 10. The van der Waals surface area contributed by atoms with Crippen LogP contribution in [0, 0.1) is 0 Å². The van der Waals surface area contributed by atoms with E-state index in [2.05, 4.69) is 147 Å². The monoisotopic (exact) mass is 710 g/mol. The highest BCUT2D eigenvalue weighted by atomic mass is 16.3. The maximum atomic E-state index is 10.8. The highest BCUT2D eigenvalue weighted by molar-refractivity contribution is 6.27. The number of rotatable bonds is 4. The van der Waals surface area contributed by atoms with Crippen LogP contribution in [-0.4, -0.2) is 10.2 Å². The molecule has 1 aliphatic carbocycles. The predicted octanol–water partition coefficient (Wildman–Crippen LogP) is 13.6. The number of fused-ring (bicyclic) bond motifs is 3. The first kappa shape index (κ1) is 32.6. The molecule has 0 spiro atoms. The Morgan fingerprint density at radius 1 is 0.364 bits per heavy atom. The second kappa shape index (κ2) is 10.7. The van der Waals surface area contributed by atoms with E-state index in [9.17, 15) is 10.2 Å². The molecule has 10 aromatic carbocycles. The van der Waals surface area contributed by atoms with Crippen molar-refractivity contribution >= 4 is 64.6 Å². The maximum Gasteiger partial charge on any atom is 0.0840 e. The number of hydrogen-bond acceptors (Lipinski definition) is 2. The van der Waals surface area contributed by atoms with Crippen LogP contribution in [0.2, 0.25) is 0 Å². The topological polar surface area (TPSA) is 40.5 Å². The minimum Gasteiger partial charge on any atom is -0.386 e. The minimum absolute atomic E-state index is 0.189. The molecule has 0 aromatic heterocycles. The smallest absolute Gasteiger partial charge is 0.0840 e. The summed E-state index contributed by atoms with van der Waals surface area (Å²) in [5.41, 5.74) is 10.1. The van der Waals surface area contributed by atoms with Gasteiger partial charge in [-0.1, -0.05) is 111 Å². The molecule has 0 amide bonds. The van der Waals surface area contributed by atoms with Crippen LogP contribution in [-0.2, 0) is 16.6 Å². The largest absolute Gasteiger partial charge is 0.386 e. The van der Waals surface area contributed by atoms with Gasteiger partial charge in [0, 0.05) is 5.41 Å². The third kappa shape index (κ3) is 4.56. The minimum atomic E-state index is -0.906.